The summed E-state index contributed by atoms with van der Waals surface area (Å²) >= 11 is 5.85. The number of ether oxygens (including phenoxy) is 1. The molecule has 108 valence electrons. The van der Waals surface area contributed by atoms with Crippen molar-refractivity contribution < 1.29 is 14.8 Å². The quantitative estimate of drug-likeness (QED) is 0.530. The van der Waals surface area contributed by atoms with Crippen molar-refractivity contribution in [2.24, 2.45) is 4.99 Å². The number of hydrogen-bond acceptors (Lipinski definition) is 5. The number of benzene rings is 2. The predicted molar refractivity (Wildman–Crippen MR) is 80.0 cm³/mol. The lowest BCUT2D eigenvalue weighted by Gasteiger charge is -2.04. The number of nitrogens with zero attached hydrogens (tertiary/aromatic N) is 2. The van der Waals surface area contributed by atoms with Crippen LogP contribution < -0.4 is 4.74 Å². The lowest BCUT2D eigenvalue weighted by molar-refractivity contribution is -0.385. The molecule has 0 radical (unpaired) electrons. The van der Waals surface area contributed by atoms with Crippen LogP contribution in [0.2, 0.25) is 5.02 Å². The highest BCUT2D eigenvalue weighted by Crippen LogP contribution is 2.32. The fourth-order valence-corrected chi connectivity index (χ4v) is 1.86. The predicted octanol–water partition coefficient (Wildman–Crippen LogP) is 3.71. The van der Waals surface area contributed by atoms with E-state index in [1.165, 1.54) is 31.5 Å². The Balaban J connectivity index is 2.38. The zero-order valence-corrected chi connectivity index (χ0v) is 11.7. The molecule has 0 spiro atoms. The molecule has 0 heterocycles. The van der Waals surface area contributed by atoms with E-state index in [0.717, 1.165) is 0 Å². The Hall–Kier alpha value is -2.60. The van der Waals surface area contributed by atoms with Crippen LogP contribution in [-0.4, -0.2) is 23.4 Å². The Morgan fingerprint density at radius 1 is 1.38 bits per heavy atom. The Kier molecular flexibility index (Phi) is 4.39. The minimum atomic E-state index is -0.657. The number of nitro benzene ring substituents is 1. The maximum Gasteiger partial charge on any atom is 0.311 e. The van der Waals surface area contributed by atoms with E-state index in [0.29, 0.717) is 16.5 Å². The van der Waals surface area contributed by atoms with Crippen LogP contribution >= 0.6 is 11.6 Å². The van der Waals surface area contributed by atoms with Crippen LogP contribution in [0.15, 0.2) is 41.4 Å². The smallest absolute Gasteiger partial charge is 0.311 e. The summed E-state index contributed by atoms with van der Waals surface area (Å²) in [5.74, 6) is 0.0304. The summed E-state index contributed by atoms with van der Waals surface area (Å²) in [6.45, 7) is 0. The SMILES string of the molecule is COc1cc(Cl)ccc1N=Cc1cccc([N+](=O)[O-])c1O. The van der Waals surface area contributed by atoms with Gasteiger partial charge in [0.15, 0.2) is 0 Å². The van der Waals surface area contributed by atoms with Gasteiger partial charge in [0.25, 0.3) is 0 Å². The van der Waals surface area contributed by atoms with Gasteiger partial charge in [-0.2, -0.15) is 0 Å². The summed E-state index contributed by atoms with van der Waals surface area (Å²) in [5, 5.41) is 21.1. The highest BCUT2D eigenvalue weighted by Gasteiger charge is 2.15. The van der Waals surface area contributed by atoms with Crippen LogP contribution in [-0.2, 0) is 0 Å². The molecule has 0 aliphatic heterocycles. The van der Waals surface area contributed by atoms with Crippen LogP contribution in [0.3, 0.4) is 0 Å². The van der Waals surface area contributed by atoms with Crippen LogP contribution in [0.4, 0.5) is 11.4 Å². The zero-order chi connectivity index (χ0) is 15.4. The molecule has 0 unspecified atom stereocenters. The fourth-order valence-electron chi connectivity index (χ4n) is 1.70. The molecular weight excluding hydrogens is 296 g/mol. The van der Waals surface area contributed by atoms with Crippen molar-refractivity contribution in [1.82, 2.24) is 0 Å². The van der Waals surface area contributed by atoms with Crippen LogP contribution in [0.5, 0.6) is 11.5 Å². The second kappa shape index (κ2) is 6.23. The average molecular weight is 307 g/mol. The molecule has 21 heavy (non-hydrogen) atoms. The number of phenols is 1. The number of phenolic OH excluding ortho intramolecular Hbond substituents is 1. The van der Waals surface area contributed by atoms with Gasteiger partial charge in [-0.1, -0.05) is 17.7 Å². The first kappa shape index (κ1) is 14.8. The number of methoxy groups -OCH3 is 1. The lowest BCUT2D eigenvalue weighted by Crippen LogP contribution is -1.91. The van der Waals surface area contributed by atoms with Crippen molar-refractivity contribution in [2.75, 3.05) is 7.11 Å². The third-order valence-electron chi connectivity index (χ3n) is 2.73. The monoisotopic (exact) mass is 306 g/mol. The van der Waals surface area contributed by atoms with Gasteiger partial charge in [-0.15, -0.1) is 0 Å². The molecule has 1 N–H and O–H groups in total. The van der Waals surface area contributed by atoms with Crippen molar-refractivity contribution in [3.05, 3.63) is 57.1 Å². The van der Waals surface area contributed by atoms with Crippen molar-refractivity contribution in [3.8, 4) is 11.5 Å². The van der Waals surface area contributed by atoms with Crippen LogP contribution in [0.1, 0.15) is 5.56 Å². The van der Waals surface area contributed by atoms with E-state index in [-0.39, 0.29) is 11.3 Å². The first-order valence-electron chi connectivity index (χ1n) is 5.87. The van der Waals surface area contributed by atoms with Gasteiger partial charge >= 0.3 is 5.69 Å². The summed E-state index contributed by atoms with van der Waals surface area (Å²) in [4.78, 5) is 14.3. The van der Waals surface area contributed by atoms with Gasteiger partial charge in [0.2, 0.25) is 5.75 Å². The average Bonchev–Trinajstić information content (AvgIpc) is 2.46. The van der Waals surface area contributed by atoms with E-state index >= 15 is 0 Å². The molecule has 0 saturated carbocycles. The normalized spacial score (nSPS) is 10.8. The molecule has 7 heteroatoms. The lowest BCUT2D eigenvalue weighted by atomic mass is 10.2. The molecule has 2 aromatic rings. The molecule has 0 atom stereocenters. The number of nitro groups is 1. The van der Waals surface area contributed by atoms with E-state index in [1.54, 1.807) is 18.2 Å². The molecule has 0 aromatic heterocycles. The van der Waals surface area contributed by atoms with E-state index < -0.39 is 10.7 Å². The number of hydrogen-bond donors (Lipinski definition) is 1. The molecule has 0 amide bonds. The van der Waals surface area contributed by atoms with Gasteiger partial charge in [0, 0.05) is 28.9 Å². The van der Waals surface area contributed by atoms with E-state index in [1.807, 2.05) is 0 Å². The van der Waals surface area contributed by atoms with E-state index in [2.05, 4.69) is 4.99 Å². The highest BCUT2D eigenvalue weighted by molar-refractivity contribution is 6.30. The summed E-state index contributed by atoms with van der Waals surface area (Å²) in [7, 11) is 1.48. The molecular formula is C14H11ClN2O4. The molecule has 2 aromatic carbocycles. The molecule has 2 rings (SSSR count). The Bertz CT molecular complexity index is 716. The highest BCUT2D eigenvalue weighted by atomic mass is 35.5. The largest absolute Gasteiger partial charge is 0.502 e. The molecule has 6 nitrogen and oxygen atoms in total. The maximum absolute atomic E-state index is 10.8. The number of aromatic hydroxyl groups is 1. The number of para-hydroxylation sites is 1. The summed E-state index contributed by atoms with van der Waals surface area (Å²) < 4.78 is 5.14. The third kappa shape index (κ3) is 3.29. The fraction of sp³-hybridized carbons (Fsp3) is 0.0714. The summed E-state index contributed by atoms with van der Waals surface area (Å²) in [5.41, 5.74) is 0.357. The van der Waals surface area contributed by atoms with E-state index in [4.69, 9.17) is 16.3 Å². The topological polar surface area (TPSA) is 85.0 Å². The summed E-state index contributed by atoms with van der Waals surface area (Å²) in [6.07, 6.45) is 1.33. The van der Waals surface area contributed by atoms with Gasteiger partial charge in [0.05, 0.1) is 12.0 Å². The van der Waals surface area contributed by atoms with Gasteiger partial charge in [-0.05, 0) is 18.2 Å². The van der Waals surface area contributed by atoms with Crippen LogP contribution in [0.25, 0.3) is 0 Å². The minimum Gasteiger partial charge on any atom is -0.502 e. The first-order valence-corrected chi connectivity index (χ1v) is 6.24. The van der Waals surface area contributed by atoms with Gasteiger partial charge < -0.3 is 9.84 Å². The number of aliphatic imine (C=N–C) groups is 1. The van der Waals surface area contributed by atoms with Gasteiger partial charge in [-0.3, -0.25) is 15.1 Å². The van der Waals surface area contributed by atoms with Crippen molar-refractivity contribution in [1.29, 1.82) is 0 Å². The minimum absolute atomic E-state index is 0.237. The Labute approximate surface area is 125 Å². The Morgan fingerprint density at radius 3 is 2.81 bits per heavy atom. The van der Waals surface area contributed by atoms with Crippen molar-refractivity contribution >= 4 is 29.2 Å². The molecule has 0 saturated heterocycles. The van der Waals surface area contributed by atoms with Gasteiger partial charge in [-0.25, -0.2) is 0 Å². The zero-order valence-electron chi connectivity index (χ0n) is 11.0. The first-order chi connectivity index (χ1) is 10.0. The van der Waals surface area contributed by atoms with E-state index in [9.17, 15) is 15.2 Å². The van der Waals surface area contributed by atoms with Crippen molar-refractivity contribution in [2.45, 2.75) is 0 Å². The molecule has 0 fully saturated rings. The molecule has 0 aliphatic rings. The summed E-state index contributed by atoms with van der Waals surface area (Å²) in [6, 6.07) is 9.10. The second-order valence-electron chi connectivity index (χ2n) is 4.05. The molecule has 0 bridgehead atoms. The standard InChI is InChI=1S/C14H11ClN2O4/c1-21-13-7-10(15)5-6-11(13)16-8-9-3-2-4-12(14(9)18)17(19)20/h2-8,18H,1H3. The third-order valence-corrected chi connectivity index (χ3v) is 2.96. The van der Waals surface area contributed by atoms with Crippen LogP contribution in [0, 0.1) is 10.1 Å². The number of rotatable bonds is 4. The Morgan fingerprint density at radius 2 is 2.14 bits per heavy atom. The molecule has 0 aliphatic carbocycles. The van der Waals surface area contributed by atoms with Crippen molar-refractivity contribution in [3.63, 3.8) is 0 Å². The second-order valence-corrected chi connectivity index (χ2v) is 4.48. The number of halogens is 1. The van der Waals surface area contributed by atoms with Gasteiger partial charge in [0.1, 0.15) is 11.4 Å². The maximum atomic E-state index is 10.8.